The minimum Gasteiger partial charge on any atom is -0.405 e. The number of hydrogen-bond donors (Lipinski definition) is 2. The third kappa shape index (κ3) is 8.79. The summed E-state index contributed by atoms with van der Waals surface area (Å²) < 4.78 is 27.4. The maximum atomic E-state index is 10.3. The van der Waals surface area contributed by atoms with Gasteiger partial charge in [0.1, 0.15) is 0 Å². The first-order valence-corrected chi connectivity index (χ1v) is 24.5. The monoisotopic (exact) mass is 824 g/mol. The Morgan fingerprint density at radius 3 is 1.09 bits per heavy atom. The predicted molar refractivity (Wildman–Crippen MR) is 236 cm³/mol. The van der Waals surface area contributed by atoms with Gasteiger partial charge >= 0.3 is 0 Å². The summed E-state index contributed by atoms with van der Waals surface area (Å²) in [6, 6.07) is 42.2. The van der Waals surface area contributed by atoms with Crippen LogP contribution >= 0.6 is 0 Å². The Morgan fingerprint density at radius 1 is 0.569 bits per heavy atom. The summed E-state index contributed by atoms with van der Waals surface area (Å²) in [6.07, 6.45) is 1.65. The molecule has 10 heteroatoms. The van der Waals surface area contributed by atoms with Crippen molar-refractivity contribution in [3.8, 4) is 0 Å². The lowest BCUT2D eigenvalue weighted by Crippen LogP contribution is -2.67. The van der Waals surface area contributed by atoms with Crippen molar-refractivity contribution in [2.24, 2.45) is 11.8 Å². The molecular formula is C48H64O8Si2. The predicted octanol–water partition coefficient (Wildman–Crippen LogP) is 8.70. The van der Waals surface area contributed by atoms with E-state index in [1.54, 1.807) is 13.8 Å². The first-order valence-electron chi connectivity index (χ1n) is 20.7. The highest BCUT2D eigenvalue weighted by atomic mass is 28.4. The van der Waals surface area contributed by atoms with Crippen molar-refractivity contribution < 1.29 is 38.6 Å². The average molecular weight is 825 g/mol. The summed E-state index contributed by atoms with van der Waals surface area (Å²) in [7, 11) is -5.61. The van der Waals surface area contributed by atoms with Crippen LogP contribution in [0.2, 0.25) is 10.1 Å². The number of allylic oxidation sites excluding steroid dienone is 1. The molecule has 2 unspecified atom stereocenters. The summed E-state index contributed by atoms with van der Waals surface area (Å²) in [5.41, 5.74) is 0.927. The average Bonchev–Trinajstić information content (AvgIpc) is 3.70. The highest BCUT2D eigenvalue weighted by molar-refractivity contribution is 7.00. The molecular weight excluding hydrogens is 761 g/mol. The summed E-state index contributed by atoms with van der Waals surface area (Å²) >= 11 is 0. The third-order valence-electron chi connectivity index (χ3n) is 12.6. The molecule has 0 amide bonds. The van der Waals surface area contributed by atoms with E-state index in [0.717, 1.165) is 5.57 Å². The Balaban J connectivity index is 1.15. The van der Waals surface area contributed by atoms with E-state index in [1.165, 1.54) is 20.7 Å². The molecule has 0 aliphatic carbocycles. The van der Waals surface area contributed by atoms with Gasteiger partial charge in [0.25, 0.3) is 16.6 Å². The van der Waals surface area contributed by atoms with Crippen LogP contribution in [0.5, 0.6) is 0 Å². The Kier molecular flexibility index (Phi) is 13.6. The van der Waals surface area contributed by atoms with Crippen LogP contribution in [0.15, 0.2) is 133 Å². The van der Waals surface area contributed by atoms with Gasteiger partial charge in [-0.15, -0.1) is 0 Å². The van der Waals surface area contributed by atoms with Crippen molar-refractivity contribution in [2.45, 2.75) is 115 Å². The largest absolute Gasteiger partial charge is 0.405 e. The fourth-order valence-corrected chi connectivity index (χ4v) is 18.9. The van der Waals surface area contributed by atoms with Gasteiger partial charge < -0.3 is 18.3 Å². The standard InChI is InChI=1S/C48H64O8Si2/c1-36(30-37-32-39(53-47(37,8)55-49)34-51-57(45(2,3)4,41-22-14-10-15-23-41)42-24-16-11-17-25-42)31-38-33-40(54-48(38,9)56-50)35-52-58(46(5,6)7,43-26-18-12-19-27-43)44-28-20-13-21-29-44/h10-29,37-40,49-50H,1,30-35H2,2-9H3/t37-,38-,39+,40+,47?,48?/m1/s1. The van der Waals surface area contributed by atoms with Gasteiger partial charge in [0.15, 0.2) is 0 Å². The van der Waals surface area contributed by atoms with E-state index < -0.39 is 28.2 Å². The van der Waals surface area contributed by atoms with E-state index in [4.69, 9.17) is 28.1 Å². The molecule has 312 valence electrons. The maximum absolute atomic E-state index is 10.3. The molecule has 6 atom stereocenters. The molecule has 2 saturated heterocycles. The molecule has 2 fully saturated rings. The summed E-state index contributed by atoms with van der Waals surface area (Å²) in [5.74, 6) is -2.90. The molecule has 4 aromatic rings. The Hall–Kier alpha value is -3.27. The van der Waals surface area contributed by atoms with Crippen molar-refractivity contribution in [2.75, 3.05) is 13.2 Å². The molecule has 4 aromatic carbocycles. The van der Waals surface area contributed by atoms with Crippen LogP contribution in [-0.2, 0) is 28.1 Å². The molecule has 2 aliphatic heterocycles. The quantitative estimate of drug-likeness (QED) is 0.0502. The van der Waals surface area contributed by atoms with Crippen LogP contribution in [0.4, 0.5) is 0 Å². The van der Waals surface area contributed by atoms with Gasteiger partial charge in [-0.1, -0.05) is 175 Å². The Morgan fingerprint density at radius 2 is 0.845 bits per heavy atom. The van der Waals surface area contributed by atoms with Gasteiger partial charge in [-0.05, 0) is 70.4 Å². The lowest BCUT2D eigenvalue weighted by Gasteiger charge is -2.43. The Bertz CT molecular complexity index is 1700. The van der Waals surface area contributed by atoms with E-state index in [1.807, 2.05) is 24.3 Å². The van der Waals surface area contributed by atoms with Crippen molar-refractivity contribution in [1.29, 1.82) is 0 Å². The minimum absolute atomic E-state index is 0.189. The van der Waals surface area contributed by atoms with E-state index in [9.17, 15) is 10.5 Å². The van der Waals surface area contributed by atoms with Gasteiger partial charge in [-0.2, -0.15) is 0 Å². The molecule has 6 rings (SSSR count). The van der Waals surface area contributed by atoms with Crippen molar-refractivity contribution >= 4 is 37.4 Å². The second kappa shape index (κ2) is 17.8. The molecule has 0 bridgehead atoms. The molecule has 0 aromatic heterocycles. The number of rotatable bonds is 16. The van der Waals surface area contributed by atoms with Crippen LogP contribution in [-0.4, -0.2) is 64.1 Å². The van der Waals surface area contributed by atoms with Gasteiger partial charge in [-0.25, -0.2) is 20.3 Å². The van der Waals surface area contributed by atoms with Gasteiger partial charge in [0.05, 0.1) is 25.4 Å². The fourth-order valence-electron chi connectivity index (χ4n) is 9.69. The fraction of sp³-hybridized carbons (Fsp3) is 0.458. The van der Waals surface area contributed by atoms with E-state index in [2.05, 4.69) is 145 Å². The highest BCUT2D eigenvalue weighted by Gasteiger charge is 2.55. The topological polar surface area (TPSA) is 95.8 Å². The van der Waals surface area contributed by atoms with Crippen molar-refractivity contribution in [3.63, 3.8) is 0 Å². The first kappa shape index (κ1) is 44.3. The summed E-state index contributed by atoms with van der Waals surface area (Å²) in [6.45, 7) is 22.3. The van der Waals surface area contributed by atoms with Crippen LogP contribution in [0.1, 0.15) is 81.1 Å². The molecule has 0 saturated carbocycles. The smallest absolute Gasteiger partial charge is 0.261 e. The van der Waals surface area contributed by atoms with Crippen molar-refractivity contribution in [3.05, 3.63) is 133 Å². The number of hydrogen-bond acceptors (Lipinski definition) is 8. The molecule has 2 heterocycles. The highest BCUT2D eigenvalue weighted by Crippen LogP contribution is 2.46. The lowest BCUT2D eigenvalue weighted by molar-refractivity contribution is -0.403. The van der Waals surface area contributed by atoms with E-state index in [0.29, 0.717) is 38.9 Å². The molecule has 2 aliphatic rings. The number of ether oxygens (including phenoxy) is 2. The Labute approximate surface area is 348 Å². The van der Waals surface area contributed by atoms with E-state index in [-0.39, 0.29) is 34.1 Å². The summed E-state index contributed by atoms with van der Waals surface area (Å²) in [5, 5.41) is 24.9. The number of benzene rings is 4. The van der Waals surface area contributed by atoms with Crippen LogP contribution < -0.4 is 20.7 Å². The van der Waals surface area contributed by atoms with Crippen molar-refractivity contribution in [1.82, 2.24) is 0 Å². The molecule has 58 heavy (non-hydrogen) atoms. The van der Waals surface area contributed by atoms with Gasteiger partial charge in [0, 0.05) is 11.8 Å². The molecule has 2 N–H and O–H groups in total. The zero-order valence-electron chi connectivity index (χ0n) is 35.7. The third-order valence-corrected chi connectivity index (χ3v) is 22.6. The van der Waals surface area contributed by atoms with E-state index >= 15 is 0 Å². The second-order valence-electron chi connectivity index (χ2n) is 18.7. The molecule has 0 radical (unpaired) electrons. The summed E-state index contributed by atoms with van der Waals surface area (Å²) in [4.78, 5) is 10.2. The molecule has 0 spiro atoms. The maximum Gasteiger partial charge on any atom is 0.261 e. The van der Waals surface area contributed by atoms with Gasteiger partial charge in [0.2, 0.25) is 11.6 Å². The van der Waals surface area contributed by atoms with Crippen LogP contribution in [0.3, 0.4) is 0 Å². The minimum atomic E-state index is -2.81. The zero-order valence-corrected chi connectivity index (χ0v) is 37.7. The van der Waals surface area contributed by atoms with Crippen LogP contribution in [0.25, 0.3) is 0 Å². The van der Waals surface area contributed by atoms with Crippen LogP contribution in [0, 0.1) is 11.8 Å². The lowest BCUT2D eigenvalue weighted by atomic mass is 9.84. The SMILES string of the molecule is C=C(C[C@@H]1C[C@@H](CO[Si](c2ccccc2)(c2ccccc2)C(C)(C)C)OC1(C)OO)C[C@@H]1C[C@@H](CO[Si](c2ccccc2)(c2ccccc2)C(C)(C)C)OC1(C)OO. The molecule has 8 nitrogen and oxygen atoms in total. The second-order valence-corrected chi connectivity index (χ2v) is 27.3. The zero-order chi connectivity index (χ0) is 41.8. The normalized spacial score (nSPS) is 25.6. The first-order chi connectivity index (χ1) is 27.5. The van der Waals surface area contributed by atoms with Gasteiger partial charge in [-0.3, -0.25) is 0 Å².